The number of hydrogen-bond acceptors (Lipinski definition) is 3. The largest absolute Gasteiger partial charge is 0.492 e. The van der Waals surface area contributed by atoms with Gasteiger partial charge in [0.25, 0.3) is 5.56 Å². The summed E-state index contributed by atoms with van der Waals surface area (Å²) in [4.78, 5) is 17.1. The predicted molar refractivity (Wildman–Crippen MR) is 45.5 cm³/mol. The molecule has 0 radical (unpaired) electrons. The normalized spacial score (nSPS) is 10.2. The highest BCUT2D eigenvalue weighted by Crippen LogP contribution is 2.13. The van der Waals surface area contributed by atoms with Crippen LogP contribution in [0.25, 0.3) is 0 Å². The van der Waals surface area contributed by atoms with Gasteiger partial charge in [0.05, 0.1) is 0 Å². The van der Waals surface area contributed by atoms with Crippen molar-refractivity contribution < 1.29 is 5.11 Å². The summed E-state index contributed by atoms with van der Waals surface area (Å²) >= 11 is 5.39. The summed E-state index contributed by atoms with van der Waals surface area (Å²) in [5, 5.41) is 8.79. The smallest absolute Gasteiger partial charge is 0.273 e. The van der Waals surface area contributed by atoms with Gasteiger partial charge in [-0.1, -0.05) is 18.5 Å². The molecule has 0 bridgehead atoms. The van der Waals surface area contributed by atoms with E-state index in [0.717, 1.165) is 6.42 Å². The SMILES string of the molecule is CCCc1nc(O)c(Cl)c(=O)[nH]1. The van der Waals surface area contributed by atoms with Crippen molar-refractivity contribution in [1.29, 1.82) is 0 Å². The Hall–Kier alpha value is -1.03. The molecule has 1 aromatic rings. The first-order valence-corrected chi connectivity index (χ1v) is 4.00. The molecule has 1 aromatic heterocycles. The van der Waals surface area contributed by atoms with Crippen LogP contribution in [0.1, 0.15) is 19.2 Å². The first kappa shape index (κ1) is 9.06. The van der Waals surface area contributed by atoms with Gasteiger partial charge in [0.1, 0.15) is 5.82 Å². The van der Waals surface area contributed by atoms with Gasteiger partial charge in [-0.15, -0.1) is 0 Å². The molecular weight excluding hydrogens is 180 g/mol. The molecule has 2 N–H and O–H groups in total. The lowest BCUT2D eigenvalue weighted by Crippen LogP contribution is -2.11. The average Bonchev–Trinajstić information content (AvgIpc) is 2.01. The third kappa shape index (κ3) is 1.76. The van der Waals surface area contributed by atoms with Gasteiger partial charge in [-0.25, -0.2) is 0 Å². The Kier molecular flexibility index (Phi) is 2.70. The molecule has 0 spiro atoms. The van der Waals surface area contributed by atoms with E-state index < -0.39 is 11.4 Å². The zero-order chi connectivity index (χ0) is 9.14. The van der Waals surface area contributed by atoms with Crippen molar-refractivity contribution in [2.75, 3.05) is 0 Å². The second-order valence-corrected chi connectivity index (χ2v) is 2.78. The highest BCUT2D eigenvalue weighted by Gasteiger charge is 2.06. The minimum atomic E-state index is -0.493. The molecule has 0 aliphatic heterocycles. The molecule has 0 unspecified atom stereocenters. The third-order valence-electron chi connectivity index (χ3n) is 1.38. The number of H-pyrrole nitrogens is 1. The fourth-order valence-electron chi connectivity index (χ4n) is 0.848. The van der Waals surface area contributed by atoms with Crippen molar-refractivity contribution >= 4 is 11.6 Å². The number of aryl methyl sites for hydroxylation is 1. The molecule has 1 rings (SSSR count). The van der Waals surface area contributed by atoms with Crippen LogP contribution in [0.5, 0.6) is 5.88 Å². The molecular formula is C7H9ClN2O2. The van der Waals surface area contributed by atoms with E-state index in [-0.39, 0.29) is 5.02 Å². The summed E-state index contributed by atoms with van der Waals surface area (Å²) in [6.45, 7) is 1.95. The second kappa shape index (κ2) is 3.58. The van der Waals surface area contributed by atoms with Gasteiger partial charge in [0.2, 0.25) is 5.88 Å². The van der Waals surface area contributed by atoms with E-state index in [1.54, 1.807) is 0 Å². The van der Waals surface area contributed by atoms with Gasteiger partial charge in [-0.2, -0.15) is 4.98 Å². The van der Waals surface area contributed by atoms with Crippen LogP contribution >= 0.6 is 11.6 Å². The molecule has 0 amide bonds. The monoisotopic (exact) mass is 188 g/mol. The molecule has 12 heavy (non-hydrogen) atoms. The van der Waals surface area contributed by atoms with E-state index in [0.29, 0.717) is 12.2 Å². The number of hydrogen-bond donors (Lipinski definition) is 2. The Bertz CT molecular complexity index is 335. The molecule has 0 saturated heterocycles. The molecule has 1 heterocycles. The van der Waals surface area contributed by atoms with E-state index in [2.05, 4.69) is 9.97 Å². The Balaban J connectivity index is 3.13. The van der Waals surface area contributed by atoms with Crippen LogP contribution in [0.4, 0.5) is 0 Å². The topological polar surface area (TPSA) is 66.0 Å². The highest BCUT2D eigenvalue weighted by atomic mass is 35.5. The third-order valence-corrected chi connectivity index (χ3v) is 1.72. The van der Waals surface area contributed by atoms with Crippen LogP contribution in [0.3, 0.4) is 0 Å². The Labute approximate surface area is 74.2 Å². The predicted octanol–water partition coefficient (Wildman–Crippen LogP) is 1.08. The minimum Gasteiger partial charge on any atom is -0.492 e. The highest BCUT2D eigenvalue weighted by molar-refractivity contribution is 6.31. The standard InChI is InChI=1S/C7H9ClN2O2/c1-2-3-4-9-6(11)5(8)7(12)10-4/h2-3H2,1H3,(H2,9,10,11,12). The summed E-state index contributed by atoms with van der Waals surface area (Å²) < 4.78 is 0. The fourth-order valence-corrected chi connectivity index (χ4v) is 0.937. The van der Waals surface area contributed by atoms with Crippen LogP contribution in [0, 0.1) is 0 Å². The number of nitrogens with zero attached hydrogens (tertiary/aromatic N) is 1. The number of aromatic amines is 1. The number of aromatic nitrogens is 2. The van der Waals surface area contributed by atoms with E-state index in [9.17, 15) is 4.79 Å². The van der Waals surface area contributed by atoms with E-state index >= 15 is 0 Å². The Morgan fingerprint density at radius 3 is 2.83 bits per heavy atom. The van der Waals surface area contributed by atoms with Gasteiger partial charge in [0.15, 0.2) is 5.02 Å². The van der Waals surface area contributed by atoms with E-state index in [4.69, 9.17) is 16.7 Å². The number of nitrogens with one attached hydrogen (secondary N) is 1. The number of halogens is 1. The van der Waals surface area contributed by atoms with Gasteiger partial charge >= 0.3 is 0 Å². The van der Waals surface area contributed by atoms with Gasteiger partial charge in [-0.05, 0) is 6.42 Å². The summed E-state index contributed by atoms with van der Waals surface area (Å²) in [5.74, 6) is 0.0632. The van der Waals surface area contributed by atoms with Crippen LogP contribution < -0.4 is 5.56 Å². The molecule has 5 heteroatoms. The summed E-state index contributed by atoms with van der Waals surface area (Å²) in [7, 11) is 0. The lowest BCUT2D eigenvalue weighted by atomic mass is 10.3. The number of aromatic hydroxyl groups is 1. The second-order valence-electron chi connectivity index (χ2n) is 2.40. The maximum Gasteiger partial charge on any atom is 0.273 e. The summed E-state index contributed by atoms with van der Waals surface area (Å²) in [6, 6.07) is 0. The summed E-state index contributed by atoms with van der Waals surface area (Å²) in [5.41, 5.74) is -0.493. The van der Waals surface area contributed by atoms with E-state index in [1.807, 2.05) is 6.92 Å². The molecule has 0 atom stereocenters. The Morgan fingerprint density at radius 1 is 1.67 bits per heavy atom. The van der Waals surface area contributed by atoms with E-state index in [1.165, 1.54) is 0 Å². The number of rotatable bonds is 2. The maximum atomic E-state index is 10.9. The van der Waals surface area contributed by atoms with Crippen LogP contribution in [0.2, 0.25) is 5.02 Å². The van der Waals surface area contributed by atoms with Gasteiger partial charge in [-0.3, -0.25) is 4.79 Å². The van der Waals surface area contributed by atoms with Crippen molar-refractivity contribution in [1.82, 2.24) is 9.97 Å². The van der Waals surface area contributed by atoms with Crippen LogP contribution in [-0.2, 0) is 6.42 Å². The van der Waals surface area contributed by atoms with Gasteiger partial charge in [0, 0.05) is 6.42 Å². The molecule has 66 valence electrons. The minimum absolute atomic E-state index is 0.255. The van der Waals surface area contributed by atoms with Crippen molar-refractivity contribution in [3.05, 3.63) is 21.2 Å². The quantitative estimate of drug-likeness (QED) is 0.730. The molecule has 4 nitrogen and oxygen atoms in total. The lowest BCUT2D eigenvalue weighted by Gasteiger charge is -1.99. The van der Waals surface area contributed by atoms with Crippen LogP contribution in [0.15, 0.2) is 4.79 Å². The summed E-state index contributed by atoms with van der Waals surface area (Å²) in [6.07, 6.45) is 1.48. The lowest BCUT2D eigenvalue weighted by molar-refractivity contribution is 0.447. The maximum absolute atomic E-state index is 10.9. The zero-order valence-corrected chi connectivity index (χ0v) is 7.35. The zero-order valence-electron chi connectivity index (χ0n) is 6.59. The van der Waals surface area contributed by atoms with Crippen LogP contribution in [-0.4, -0.2) is 15.1 Å². The first-order valence-electron chi connectivity index (χ1n) is 3.62. The molecule has 0 aromatic carbocycles. The average molecular weight is 189 g/mol. The van der Waals surface area contributed by atoms with Crippen molar-refractivity contribution in [2.45, 2.75) is 19.8 Å². The van der Waals surface area contributed by atoms with Crippen molar-refractivity contribution in [3.63, 3.8) is 0 Å². The molecule has 0 aliphatic carbocycles. The molecule has 0 saturated carbocycles. The van der Waals surface area contributed by atoms with Crippen molar-refractivity contribution in [2.24, 2.45) is 0 Å². The molecule has 0 aliphatic rings. The first-order chi connectivity index (χ1) is 5.65. The van der Waals surface area contributed by atoms with Crippen molar-refractivity contribution in [3.8, 4) is 5.88 Å². The molecule has 0 fully saturated rings. The fraction of sp³-hybridized carbons (Fsp3) is 0.429. The Morgan fingerprint density at radius 2 is 2.33 bits per heavy atom. The van der Waals surface area contributed by atoms with Gasteiger partial charge < -0.3 is 10.1 Å².